The summed E-state index contributed by atoms with van der Waals surface area (Å²) in [6, 6.07) is 5.42. The van der Waals surface area contributed by atoms with E-state index in [1.165, 1.54) is 0 Å². The van der Waals surface area contributed by atoms with E-state index in [0.717, 1.165) is 10.9 Å². The Bertz CT molecular complexity index is 517. The molecular formula is C15H21BrN2O2. The first-order chi connectivity index (χ1) is 9.36. The Morgan fingerprint density at radius 1 is 1.55 bits per heavy atom. The van der Waals surface area contributed by atoms with E-state index in [4.69, 9.17) is 10.5 Å². The van der Waals surface area contributed by atoms with Crippen molar-refractivity contribution in [2.75, 3.05) is 12.3 Å². The van der Waals surface area contributed by atoms with Crippen LogP contribution in [-0.2, 0) is 4.74 Å². The minimum absolute atomic E-state index is 0.0492. The van der Waals surface area contributed by atoms with Gasteiger partial charge in [-0.3, -0.25) is 4.79 Å². The summed E-state index contributed by atoms with van der Waals surface area (Å²) in [5.41, 5.74) is 6.81. The van der Waals surface area contributed by atoms with Gasteiger partial charge < -0.3 is 15.8 Å². The zero-order valence-electron chi connectivity index (χ0n) is 12.1. The minimum atomic E-state index is -0.128. The van der Waals surface area contributed by atoms with Crippen molar-refractivity contribution in [3.05, 3.63) is 28.2 Å². The molecule has 2 atom stereocenters. The molecule has 0 radical (unpaired) electrons. The van der Waals surface area contributed by atoms with Gasteiger partial charge in [-0.25, -0.2) is 0 Å². The van der Waals surface area contributed by atoms with E-state index in [9.17, 15) is 4.79 Å². The van der Waals surface area contributed by atoms with Crippen molar-refractivity contribution < 1.29 is 9.53 Å². The van der Waals surface area contributed by atoms with E-state index < -0.39 is 0 Å². The van der Waals surface area contributed by atoms with Crippen LogP contribution in [0.3, 0.4) is 0 Å². The van der Waals surface area contributed by atoms with Gasteiger partial charge in [-0.15, -0.1) is 0 Å². The second-order valence-electron chi connectivity index (χ2n) is 5.76. The summed E-state index contributed by atoms with van der Waals surface area (Å²) in [7, 11) is 0. The first-order valence-corrected chi connectivity index (χ1v) is 7.63. The fourth-order valence-corrected chi connectivity index (χ4v) is 2.94. The van der Waals surface area contributed by atoms with Gasteiger partial charge >= 0.3 is 0 Å². The summed E-state index contributed by atoms with van der Waals surface area (Å²) >= 11 is 3.36. The number of carbonyl (C=O) groups is 1. The molecule has 1 aliphatic carbocycles. The van der Waals surface area contributed by atoms with E-state index in [1.807, 2.05) is 13.0 Å². The number of nitrogen functional groups attached to an aromatic ring is 1. The van der Waals surface area contributed by atoms with E-state index >= 15 is 0 Å². The lowest BCUT2D eigenvalue weighted by Gasteiger charge is -2.51. The number of rotatable bonds is 4. The lowest BCUT2D eigenvalue weighted by Crippen LogP contribution is -2.62. The summed E-state index contributed by atoms with van der Waals surface area (Å²) in [4.78, 5) is 12.3. The molecule has 1 amide bonds. The minimum Gasteiger partial charge on any atom is -0.398 e. The highest BCUT2D eigenvalue weighted by atomic mass is 79.9. The molecule has 5 heteroatoms. The summed E-state index contributed by atoms with van der Waals surface area (Å²) in [6.07, 6.45) is 1.05. The third-order valence-electron chi connectivity index (χ3n) is 4.11. The normalized spacial score (nSPS) is 24.0. The fourth-order valence-electron chi connectivity index (χ4n) is 2.58. The molecule has 1 aliphatic rings. The molecule has 1 fully saturated rings. The van der Waals surface area contributed by atoms with Crippen LogP contribution in [0.2, 0.25) is 0 Å². The van der Waals surface area contributed by atoms with Crippen LogP contribution >= 0.6 is 15.9 Å². The molecule has 0 bridgehead atoms. The van der Waals surface area contributed by atoms with Crippen LogP contribution in [0.1, 0.15) is 37.6 Å². The molecule has 1 aromatic carbocycles. The number of nitrogens with one attached hydrogen (secondary N) is 1. The van der Waals surface area contributed by atoms with Gasteiger partial charge in [0.15, 0.2) is 0 Å². The van der Waals surface area contributed by atoms with Gasteiger partial charge in [0.25, 0.3) is 5.91 Å². The number of nitrogens with two attached hydrogens (primary N) is 1. The average Bonchev–Trinajstić information content (AvgIpc) is 2.40. The van der Waals surface area contributed by atoms with Crippen molar-refractivity contribution in [1.82, 2.24) is 5.32 Å². The Kier molecular flexibility index (Phi) is 4.39. The molecule has 0 aliphatic heterocycles. The Morgan fingerprint density at radius 3 is 2.85 bits per heavy atom. The Morgan fingerprint density at radius 2 is 2.25 bits per heavy atom. The maximum Gasteiger partial charge on any atom is 0.253 e. The number of anilines is 1. The largest absolute Gasteiger partial charge is 0.398 e. The second-order valence-corrected chi connectivity index (χ2v) is 6.67. The van der Waals surface area contributed by atoms with Crippen molar-refractivity contribution in [2.24, 2.45) is 5.41 Å². The number of carbonyl (C=O) groups excluding carboxylic acids is 1. The van der Waals surface area contributed by atoms with Crippen molar-refractivity contribution in [2.45, 2.75) is 39.3 Å². The molecule has 0 saturated heterocycles. The molecule has 110 valence electrons. The quantitative estimate of drug-likeness (QED) is 0.828. The van der Waals surface area contributed by atoms with Gasteiger partial charge in [0.1, 0.15) is 0 Å². The number of ether oxygens (including phenoxy) is 1. The van der Waals surface area contributed by atoms with Gasteiger partial charge in [-0.05, 0) is 31.5 Å². The first kappa shape index (κ1) is 15.3. The molecule has 1 aromatic rings. The van der Waals surface area contributed by atoms with Crippen LogP contribution in [-0.4, -0.2) is 24.7 Å². The van der Waals surface area contributed by atoms with Crippen LogP contribution in [0.4, 0.5) is 5.69 Å². The summed E-state index contributed by atoms with van der Waals surface area (Å²) in [5, 5.41) is 3.06. The van der Waals surface area contributed by atoms with Crippen LogP contribution in [0, 0.1) is 5.41 Å². The molecule has 2 unspecified atom stereocenters. The van der Waals surface area contributed by atoms with Crippen LogP contribution in [0.15, 0.2) is 22.7 Å². The predicted octanol–water partition coefficient (Wildman–Crippen LogP) is 2.96. The van der Waals surface area contributed by atoms with E-state index in [2.05, 4.69) is 35.1 Å². The van der Waals surface area contributed by atoms with Crippen LogP contribution in [0.25, 0.3) is 0 Å². The molecule has 0 spiro atoms. The van der Waals surface area contributed by atoms with Gasteiger partial charge in [0, 0.05) is 28.2 Å². The number of benzene rings is 1. The van der Waals surface area contributed by atoms with Gasteiger partial charge in [0.05, 0.1) is 11.7 Å². The Hall–Kier alpha value is -1.07. The third-order valence-corrected chi connectivity index (χ3v) is 4.60. The summed E-state index contributed by atoms with van der Waals surface area (Å²) in [5.74, 6) is -0.128. The standard InChI is InChI=1S/C15H21BrN2O2/c1-4-20-13-8-12(15(13,2)3)18-14(19)10-7-9(16)5-6-11(10)17/h5-7,12-13H,4,8,17H2,1-3H3,(H,18,19). The van der Waals surface area contributed by atoms with Gasteiger partial charge in [-0.1, -0.05) is 29.8 Å². The summed E-state index contributed by atoms with van der Waals surface area (Å²) in [6.45, 7) is 6.93. The molecule has 3 N–H and O–H groups in total. The van der Waals surface area contributed by atoms with Crippen molar-refractivity contribution in [3.63, 3.8) is 0 Å². The zero-order chi connectivity index (χ0) is 14.9. The third kappa shape index (κ3) is 2.83. The topological polar surface area (TPSA) is 64.3 Å². The second kappa shape index (κ2) is 5.74. The lowest BCUT2D eigenvalue weighted by atomic mass is 9.64. The predicted molar refractivity (Wildman–Crippen MR) is 83.6 cm³/mol. The monoisotopic (exact) mass is 340 g/mol. The molecule has 0 aromatic heterocycles. The maximum atomic E-state index is 12.3. The van der Waals surface area contributed by atoms with Crippen molar-refractivity contribution >= 4 is 27.5 Å². The SMILES string of the molecule is CCOC1CC(NC(=O)c2cc(Br)ccc2N)C1(C)C. The van der Waals surface area contributed by atoms with Crippen LogP contribution in [0.5, 0.6) is 0 Å². The molecule has 2 rings (SSSR count). The Balaban J connectivity index is 2.05. The zero-order valence-corrected chi connectivity index (χ0v) is 13.7. The molecule has 0 heterocycles. The molecule has 20 heavy (non-hydrogen) atoms. The highest BCUT2D eigenvalue weighted by Gasteiger charge is 2.49. The number of hydrogen-bond donors (Lipinski definition) is 2. The number of hydrogen-bond acceptors (Lipinski definition) is 3. The van der Waals surface area contributed by atoms with Crippen molar-refractivity contribution in [1.29, 1.82) is 0 Å². The smallest absolute Gasteiger partial charge is 0.253 e. The van der Waals surface area contributed by atoms with Gasteiger partial charge in [0.2, 0.25) is 0 Å². The molecular weight excluding hydrogens is 320 g/mol. The van der Waals surface area contributed by atoms with E-state index in [0.29, 0.717) is 17.9 Å². The maximum absolute atomic E-state index is 12.3. The first-order valence-electron chi connectivity index (χ1n) is 6.83. The fraction of sp³-hybridized carbons (Fsp3) is 0.533. The highest BCUT2D eigenvalue weighted by Crippen LogP contribution is 2.42. The van der Waals surface area contributed by atoms with Crippen molar-refractivity contribution in [3.8, 4) is 0 Å². The number of amides is 1. The highest BCUT2D eigenvalue weighted by molar-refractivity contribution is 9.10. The molecule has 4 nitrogen and oxygen atoms in total. The number of halogens is 1. The van der Waals surface area contributed by atoms with Crippen LogP contribution < -0.4 is 11.1 Å². The molecule has 1 saturated carbocycles. The average molecular weight is 341 g/mol. The van der Waals surface area contributed by atoms with E-state index in [-0.39, 0.29) is 23.5 Å². The Labute approximate surface area is 128 Å². The summed E-state index contributed by atoms with van der Waals surface area (Å²) < 4.78 is 6.51. The lowest BCUT2D eigenvalue weighted by molar-refractivity contribution is -0.111. The van der Waals surface area contributed by atoms with E-state index in [1.54, 1.807) is 12.1 Å². The van der Waals surface area contributed by atoms with Gasteiger partial charge in [-0.2, -0.15) is 0 Å².